The highest BCUT2D eigenvalue weighted by Crippen LogP contribution is 2.30. The van der Waals surface area contributed by atoms with Crippen molar-refractivity contribution in [3.05, 3.63) is 83.9 Å². The largest absolute Gasteiger partial charge is 0.507 e. The Balaban J connectivity index is 1.59. The van der Waals surface area contributed by atoms with Crippen molar-refractivity contribution < 1.29 is 19.4 Å². The fourth-order valence-electron chi connectivity index (χ4n) is 3.77. The number of nitrogens with zero attached hydrogens (tertiary/aromatic N) is 2. The zero-order chi connectivity index (χ0) is 24.9. The topological polar surface area (TPSA) is 82.1 Å². The van der Waals surface area contributed by atoms with Crippen LogP contribution < -0.4 is 19.9 Å². The van der Waals surface area contributed by atoms with Gasteiger partial charge in [0, 0.05) is 30.4 Å². The summed E-state index contributed by atoms with van der Waals surface area (Å²) in [4.78, 5) is 29.2. The third-order valence-electron chi connectivity index (χ3n) is 5.62. The standard InChI is InChI=1S/C27H25N3O4S/c1-3-29(4-2)20-11-10-18(24(31)17-20)16-23-25(32)28-27(35)30(26(23)33)19-12-14-22(15-13-19)34-21-8-6-5-7-9-21/h5-17,31H,3-4H2,1-2H3,(H,28,32,35). The summed E-state index contributed by atoms with van der Waals surface area (Å²) < 4.78 is 5.80. The van der Waals surface area contributed by atoms with E-state index >= 15 is 0 Å². The number of phenolic OH excluding ortho intramolecular Hbond substituents is 1. The van der Waals surface area contributed by atoms with Gasteiger partial charge in [0.2, 0.25) is 0 Å². The highest BCUT2D eigenvalue weighted by Gasteiger charge is 2.34. The number of aromatic hydroxyl groups is 1. The molecule has 0 spiro atoms. The number of amides is 2. The van der Waals surface area contributed by atoms with Crippen molar-refractivity contribution in [2.45, 2.75) is 13.8 Å². The van der Waals surface area contributed by atoms with E-state index in [9.17, 15) is 14.7 Å². The lowest BCUT2D eigenvalue weighted by Gasteiger charge is -2.29. The monoisotopic (exact) mass is 487 g/mol. The molecule has 0 unspecified atom stereocenters. The summed E-state index contributed by atoms with van der Waals surface area (Å²) in [6.07, 6.45) is 1.38. The van der Waals surface area contributed by atoms with Crippen molar-refractivity contribution in [3.63, 3.8) is 0 Å². The highest BCUT2D eigenvalue weighted by atomic mass is 32.1. The maximum Gasteiger partial charge on any atom is 0.270 e. The van der Waals surface area contributed by atoms with Crippen LogP contribution in [-0.4, -0.2) is 35.1 Å². The summed E-state index contributed by atoms with van der Waals surface area (Å²) in [5.74, 6) is 0.0577. The third kappa shape index (κ3) is 5.17. The van der Waals surface area contributed by atoms with Crippen LogP contribution in [0, 0.1) is 0 Å². The van der Waals surface area contributed by atoms with Crippen molar-refractivity contribution in [2.24, 2.45) is 0 Å². The maximum absolute atomic E-state index is 13.3. The second-order valence-corrected chi connectivity index (χ2v) is 8.17. The molecule has 35 heavy (non-hydrogen) atoms. The quantitative estimate of drug-likeness (QED) is 0.281. The summed E-state index contributed by atoms with van der Waals surface area (Å²) in [5, 5.41) is 13.1. The van der Waals surface area contributed by atoms with Gasteiger partial charge in [-0.3, -0.25) is 19.8 Å². The highest BCUT2D eigenvalue weighted by molar-refractivity contribution is 7.80. The Morgan fingerprint density at radius 2 is 1.63 bits per heavy atom. The summed E-state index contributed by atoms with van der Waals surface area (Å²) >= 11 is 5.28. The summed E-state index contributed by atoms with van der Waals surface area (Å²) in [6, 6.07) is 21.3. The van der Waals surface area contributed by atoms with Gasteiger partial charge in [-0.2, -0.15) is 0 Å². The predicted octanol–water partition coefficient (Wildman–Crippen LogP) is 4.86. The first-order valence-corrected chi connectivity index (χ1v) is 11.6. The molecule has 2 amide bonds. The average Bonchev–Trinajstić information content (AvgIpc) is 2.85. The first-order chi connectivity index (χ1) is 16.9. The lowest BCUT2D eigenvalue weighted by molar-refractivity contribution is -0.122. The van der Waals surface area contributed by atoms with Crippen molar-refractivity contribution in [3.8, 4) is 17.2 Å². The number of carbonyl (C=O) groups is 2. The van der Waals surface area contributed by atoms with E-state index in [1.807, 2.05) is 50.2 Å². The van der Waals surface area contributed by atoms with Gasteiger partial charge in [0.15, 0.2) is 5.11 Å². The molecule has 0 saturated carbocycles. The van der Waals surface area contributed by atoms with Gasteiger partial charge in [-0.05, 0) is 80.7 Å². The number of hydrogen-bond acceptors (Lipinski definition) is 6. The van der Waals surface area contributed by atoms with E-state index in [0.717, 1.165) is 18.8 Å². The molecule has 7 nitrogen and oxygen atoms in total. The molecule has 3 aromatic rings. The van der Waals surface area contributed by atoms with Gasteiger partial charge in [0.25, 0.3) is 11.8 Å². The molecule has 0 radical (unpaired) electrons. The smallest absolute Gasteiger partial charge is 0.270 e. The molecule has 0 atom stereocenters. The number of thiocarbonyl (C=S) groups is 1. The number of rotatable bonds is 7. The molecule has 3 aromatic carbocycles. The molecule has 0 aliphatic carbocycles. The Morgan fingerprint density at radius 3 is 2.26 bits per heavy atom. The van der Waals surface area contributed by atoms with Crippen LogP contribution in [0.2, 0.25) is 0 Å². The number of ether oxygens (including phenoxy) is 1. The Morgan fingerprint density at radius 1 is 0.971 bits per heavy atom. The van der Waals surface area contributed by atoms with Crippen LogP contribution in [0.25, 0.3) is 6.08 Å². The number of hydrogen-bond donors (Lipinski definition) is 2. The second kappa shape index (κ2) is 10.4. The SMILES string of the molecule is CCN(CC)c1ccc(C=C2C(=O)NC(=S)N(c3ccc(Oc4ccccc4)cc3)C2=O)c(O)c1. The summed E-state index contributed by atoms with van der Waals surface area (Å²) in [6.45, 7) is 5.64. The predicted molar refractivity (Wildman–Crippen MR) is 141 cm³/mol. The molecule has 4 rings (SSSR count). The van der Waals surface area contributed by atoms with Crippen molar-refractivity contribution in [1.29, 1.82) is 0 Å². The van der Waals surface area contributed by atoms with Crippen molar-refractivity contribution >= 4 is 46.6 Å². The van der Waals surface area contributed by atoms with Gasteiger partial charge >= 0.3 is 0 Å². The average molecular weight is 488 g/mol. The fourth-order valence-corrected chi connectivity index (χ4v) is 4.06. The van der Waals surface area contributed by atoms with Crippen LogP contribution in [0.1, 0.15) is 19.4 Å². The molecule has 178 valence electrons. The van der Waals surface area contributed by atoms with Crippen LogP contribution in [0.5, 0.6) is 17.2 Å². The zero-order valence-corrected chi connectivity index (χ0v) is 20.2. The molecule has 1 aliphatic heterocycles. The van der Waals surface area contributed by atoms with Crippen molar-refractivity contribution in [1.82, 2.24) is 5.32 Å². The van der Waals surface area contributed by atoms with E-state index in [4.69, 9.17) is 17.0 Å². The molecule has 0 aromatic heterocycles. The molecule has 8 heteroatoms. The molecule has 1 heterocycles. The molecule has 1 saturated heterocycles. The zero-order valence-electron chi connectivity index (χ0n) is 19.4. The fraction of sp³-hybridized carbons (Fsp3) is 0.148. The number of para-hydroxylation sites is 1. The first-order valence-electron chi connectivity index (χ1n) is 11.2. The Labute approximate surface area is 209 Å². The molecule has 0 bridgehead atoms. The van der Waals surface area contributed by atoms with E-state index in [0.29, 0.717) is 22.7 Å². The van der Waals surface area contributed by atoms with Crippen LogP contribution in [-0.2, 0) is 9.59 Å². The molecule has 2 N–H and O–H groups in total. The van der Waals surface area contributed by atoms with Gasteiger partial charge in [-0.25, -0.2) is 0 Å². The number of phenols is 1. The summed E-state index contributed by atoms with van der Waals surface area (Å²) in [5.41, 5.74) is 1.56. The minimum atomic E-state index is -0.618. The second-order valence-electron chi connectivity index (χ2n) is 7.78. The minimum absolute atomic E-state index is 0.0185. The van der Waals surface area contributed by atoms with Crippen LogP contribution in [0.3, 0.4) is 0 Å². The maximum atomic E-state index is 13.3. The molecule has 1 aliphatic rings. The lowest BCUT2D eigenvalue weighted by Crippen LogP contribution is -2.54. The lowest BCUT2D eigenvalue weighted by atomic mass is 10.1. The van der Waals surface area contributed by atoms with Gasteiger partial charge in [0.05, 0.1) is 5.69 Å². The minimum Gasteiger partial charge on any atom is -0.507 e. The van der Waals surface area contributed by atoms with Crippen LogP contribution in [0.4, 0.5) is 11.4 Å². The van der Waals surface area contributed by atoms with Gasteiger partial charge in [-0.15, -0.1) is 0 Å². The number of nitrogens with one attached hydrogen (secondary N) is 1. The number of benzene rings is 3. The van der Waals surface area contributed by atoms with Crippen LogP contribution >= 0.6 is 12.2 Å². The van der Waals surface area contributed by atoms with Gasteiger partial charge < -0.3 is 14.7 Å². The van der Waals surface area contributed by atoms with E-state index in [-0.39, 0.29) is 16.4 Å². The number of carbonyl (C=O) groups excluding carboxylic acids is 2. The van der Waals surface area contributed by atoms with Crippen molar-refractivity contribution in [2.75, 3.05) is 22.9 Å². The number of anilines is 2. The first kappa shape index (κ1) is 24.0. The molecular weight excluding hydrogens is 462 g/mol. The summed E-state index contributed by atoms with van der Waals surface area (Å²) in [7, 11) is 0. The molecular formula is C27H25N3O4S. The van der Waals surface area contributed by atoms with Gasteiger partial charge in [-0.1, -0.05) is 18.2 Å². The Bertz CT molecular complexity index is 1290. The van der Waals surface area contributed by atoms with Gasteiger partial charge in [0.1, 0.15) is 22.8 Å². The Kier molecular flexibility index (Phi) is 7.12. The van der Waals surface area contributed by atoms with E-state index in [2.05, 4.69) is 10.2 Å². The molecule has 1 fully saturated rings. The van der Waals surface area contributed by atoms with E-state index in [1.54, 1.807) is 36.4 Å². The van der Waals surface area contributed by atoms with Crippen LogP contribution in [0.15, 0.2) is 78.4 Å². The normalized spacial score (nSPS) is 14.7. The third-order valence-corrected chi connectivity index (χ3v) is 5.90. The van der Waals surface area contributed by atoms with E-state index in [1.165, 1.54) is 11.0 Å². The Hall–Kier alpha value is -4.17. The van der Waals surface area contributed by atoms with E-state index < -0.39 is 11.8 Å².